The van der Waals surface area contributed by atoms with Crippen molar-refractivity contribution in [2.75, 3.05) is 6.61 Å². The zero-order valence-electron chi connectivity index (χ0n) is 11.3. The number of hydrogen-bond donors (Lipinski definition) is 1. The number of esters is 1. The van der Waals surface area contributed by atoms with Gasteiger partial charge in [-0.15, -0.1) is 0 Å². The number of rotatable bonds is 4. The molecule has 1 aromatic heterocycles. The molecule has 0 bridgehead atoms. The fourth-order valence-electron chi connectivity index (χ4n) is 1.77. The molecule has 0 radical (unpaired) electrons. The summed E-state index contributed by atoms with van der Waals surface area (Å²) in [7, 11) is 0. The molecule has 20 heavy (non-hydrogen) atoms. The van der Waals surface area contributed by atoms with Crippen LogP contribution in [0, 0.1) is 0 Å². The lowest BCUT2D eigenvalue weighted by Gasteiger charge is -2.09. The van der Waals surface area contributed by atoms with Crippen LogP contribution in [0.15, 0.2) is 35.1 Å². The predicted molar refractivity (Wildman–Crippen MR) is 79.8 cm³/mol. The van der Waals surface area contributed by atoms with Gasteiger partial charge in [-0.25, -0.2) is 9.48 Å². The van der Waals surface area contributed by atoms with E-state index < -0.39 is 0 Å². The fraction of sp³-hybridized carbons (Fsp3) is 0.286. The third-order valence-corrected chi connectivity index (χ3v) is 3.47. The summed E-state index contributed by atoms with van der Waals surface area (Å²) in [4.78, 5) is 11.6. The molecule has 2 N–H and O–H groups in total. The van der Waals surface area contributed by atoms with Crippen molar-refractivity contribution in [3.05, 3.63) is 46.2 Å². The number of carbonyl (C=O) groups excluding carboxylic acids is 1. The molecule has 0 amide bonds. The second kappa shape index (κ2) is 6.19. The fourth-order valence-corrected chi connectivity index (χ4v) is 2.34. The molecule has 0 fully saturated rings. The lowest BCUT2D eigenvalue weighted by molar-refractivity contribution is 0.0526. The summed E-state index contributed by atoms with van der Waals surface area (Å²) in [6.45, 7) is 4.04. The number of ether oxygens (including phenoxy) is 1. The van der Waals surface area contributed by atoms with Gasteiger partial charge in [-0.05, 0) is 47.5 Å². The third-order valence-electron chi connectivity index (χ3n) is 2.84. The van der Waals surface area contributed by atoms with Crippen LogP contribution in [0.2, 0.25) is 0 Å². The Morgan fingerprint density at radius 3 is 2.90 bits per heavy atom. The minimum Gasteiger partial charge on any atom is -0.462 e. The smallest absolute Gasteiger partial charge is 0.341 e. The maximum absolute atomic E-state index is 11.6. The van der Waals surface area contributed by atoms with Crippen LogP contribution in [0.3, 0.4) is 0 Å². The highest BCUT2D eigenvalue weighted by Crippen LogP contribution is 2.24. The molecule has 106 valence electrons. The van der Waals surface area contributed by atoms with Gasteiger partial charge in [-0.1, -0.05) is 6.07 Å². The third kappa shape index (κ3) is 3.08. The van der Waals surface area contributed by atoms with Crippen LogP contribution >= 0.6 is 15.9 Å². The summed E-state index contributed by atoms with van der Waals surface area (Å²) in [6.07, 6.45) is 3.13. The summed E-state index contributed by atoms with van der Waals surface area (Å²) in [6, 6.07) is 5.76. The average molecular weight is 338 g/mol. The second-order valence-electron chi connectivity index (χ2n) is 4.39. The molecule has 0 unspecified atom stereocenters. The zero-order chi connectivity index (χ0) is 14.7. The predicted octanol–water partition coefficient (Wildman–Crippen LogP) is 2.83. The van der Waals surface area contributed by atoms with Gasteiger partial charge in [0, 0.05) is 16.7 Å². The lowest BCUT2D eigenvalue weighted by Crippen LogP contribution is -2.06. The van der Waals surface area contributed by atoms with Gasteiger partial charge < -0.3 is 10.5 Å². The Morgan fingerprint density at radius 2 is 2.30 bits per heavy atom. The van der Waals surface area contributed by atoms with Gasteiger partial charge in [0.1, 0.15) is 0 Å². The van der Waals surface area contributed by atoms with Crippen molar-refractivity contribution >= 4 is 21.9 Å². The number of hydrogen-bond acceptors (Lipinski definition) is 4. The topological polar surface area (TPSA) is 70.1 Å². The molecular formula is C14H16BrN3O2. The first-order valence-electron chi connectivity index (χ1n) is 6.30. The van der Waals surface area contributed by atoms with Gasteiger partial charge in [0.15, 0.2) is 0 Å². The number of carbonyl (C=O) groups is 1. The molecule has 0 spiro atoms. The molecule has 6 heteroatoms. The molecule has 1 heterocycles. The van der Waals surface area contributed by atoms with Crippen LogP contribution in [-0.2, 0) is 4.74 Å². The summed E-state index contributed by atoms with van der Waals surface area (Å²) < 4.78 is 7.43. The van der Waals surface area contributed by atoms with Crippen LogP contribution in [0.1, 0.15) is 35.8 Å². The first-order chi connectivity index (χ1) is 9.52. The van der Waals surface area contributed by atoms with Crippen molar-refractivity contribution in [3.8, 4) is 5.69 Å². The van der Waals surface area contributed by atoms with E-state index in [0.29, 0.717) is 12.2 Å². The van der Waals surface area contributed by atoms with E-state index in [9.17, 15) is 4.79 Å². The van der Waals surface area contributed by atoms with E-state index in [4.69, 9.17) is 10.5 Å². The molecule has 0 saturated heterocycles. The van der Waals surface area contributed by atoms with E-state index in [1.807, 2.05) is 25.1 Å². The van der Waals surface area contributed by atoms with Gasteiger partial charge in [0.2, 0.25) is 0 Å². The van der Waals surface area contributed by atoms with Crippen molar-refractivity contribution < 1.29 is 9.53 Å². The van der Waals surface area contributed by atoms with Crippen LogP contribution in [0.25, 0.3) is 5.69 Å². The SMILES string of the molecule is CCOC(=O)c1cnn(-c2ccc([C@@H](C)N)cc2Br)c1. The quantitative estimate of drug-likeness (QED) is 0.871. The van der Waals surface area contributed by atoms with Gasteiger partial charge in [0.25, 0.3) is 0 Å². The largest absolute Gasteiger partial charge is 0.462 e. The molecular weight excluding hydrogens is 322 g/mol. The Hall–Kier alpha value is -1.66. The summed E-state index contributed by atoms with van der Waals surface area (Å²) in [5, 5.41) is 4.18. The number of benzene rings is 1. The van der Waals surface area contributed by atoms with Gasteiger partial charge in [-0.2, -0.15) is 5.10 Å². The van der Waals surface area contributed by atoms with Crippen molar-refractivity contribution in [1.82, 2.24) is 9.78 Å². The van der Waals surface area contributed by atoms with Crippen LogP contribution in [0.5, 0.6) is 0 Å². The van der Waals surface area contributed by atoms with Crippen LogP contribution in [0.4, 0.5) is 0 Å². The Morgan fingerprint density at radius 1 is 1.55 bits per heavy atom. The van der Waals surface area contributed by atoms with Gasteiger partial charge in [-0.3, -0.25) is 0 Å². The summed E-state index contributed by atoms with van der Waals surface area (Å²) >= 11 is 3.50. The number of halogens is 1. The van der Waals surface area contributed by atoms with Crippen LogP contribution in [-0.4, -0.2) is 22.4 Å². The second-order valence-corrected chi connectivity index (χ2v) is 5.25. The minimum atomic E-state index is -0.373. The van der Waals surface area contributed by atoms with E-state index in [1.165, 1.54) is 6.20 Å². The molecule has 0 aliphatic heterocycles. The highest BCUT2D eigenvalue weighted by molar-refractivity contribution is 9.10. The van der Waals surface area contributed by atoms with Crippen molar-refractivity contribution in [3.63, 3.8) is 0 Å². The van der Waals surface area contributed by atoms with E-state index >= 15 is 0 Å². The highest BCUT2D eigenvalue weighted by Gasteiger charge is 2.12. The van der Waals surface area contributed by atoms with Crippen molar-refractivity contribution in [2.45, 2.75) is 19.9 Å². The van der Waals surface area contributed by atoms with E-state index in [-0.39, 0.29) is 12.0 Å². The van der Waals surface area contributed by atoms with Crippen molar-refractivity contribution in [1.29, 1.82) is 0 Å². The van der Waals surface area contributed by atoms with Gasteiger partial charge in [0.05, 0.1) is 24.1 Å². The maximum Gasteiger partial charge on any atom is 0.341 e. The van der Waals surface area contributed by atoms with Crippen molar-refractivity contribution in [2.24, 2.45) is 5.73 Å². The lowest BCUT2D eigenvalue weighted by atomic mass is 10.1. The number of nitrogens with zero attached hydrogens (tertiary/aromatic N) is 2. The first kappa shape index (κ1) is 14.7. The highest BCUT2D eigenvalue weighted by atomic mass is 79.9. The number of aromatic nitrogens is 2. The molecule has 2 rings (SSSR count). The molecule has 0 saturated carbocycles. The molecule has 0 aliphatic rings. The standard InChI is InChI=1S/C14H16BrN3O2/c1-3-20-14(19)11-7-17-18(8-11)13-5-4-10(9(2)16)6-12(13)15/h4-9H,3,16H2,1-2H3/t9-/m1/s1. The molecule has 0 aliphatic carbocycles. The average Bonchev–Trinajstić information content (AvgIpc) is 2.88. The minimum absolute atomic E-state index is 0.0342. The molecule has 5 nitrogen and oxygen atoms in total. The first-order valence-corrected chi connectivity index (χ1v) is 7.09. The molecule has 1 atom stereocenters. The summed E-state index contributed by atoms with van der Waals surface area (Å²) in [5.74, 6) is -0.373. The molecule has 1 aromatic carbocycles. The number of nitrogens with two attached hydrogens (primary N) is 1. The normalized spacial score (nSPS) is 12.2. The Kier molecular flexibility index (Phi) is 4.57. The monoisotopic (exact) mass is 337 g/mol. The summed E-state index contributed by atoms with van der Waals surface area (Å²) in [5.41, 5.74) is 8.13. The maximum atomic E-state index is 11.6. The van der Waals surface area contributed by atoms with E-state index in [2.05, 4.69) is 21.0 Å². The van der Waals surface area contributed by atoms with Gasteiger partial charge >= 0.3 is 5.97 Å². The zero-order valence-corrected chi connectivity index (χ0v) is 12.9. The molecule has 2 aromatic rings. The Labute approximate surface area is 125 Å². The van der Waals surface area contributed by atoms with E-state index in [0.717, 1.165) is 15.7 Å². The van der Waals surface area contributed by atoms with Crippen LogP contribution < -0.4 is 5.73 Å². The Bertz CT molecular complexity index is 623. The Balaban J connectivity index is 2.30. The van der Waals surface area contributed by atoms with E-state index in [1.54, 1.807) is 17.8 Å².